The molecule has 2 aromatic rings. The van der Waals surface area contributed by atoms with Gasteiger partial charge in [0, 0.05) is 19.6 Å². The zero-order valence-electron chi connectivity index (χ0n) is 12.0. The van der Waals surface area contributed by atoms with Crippen molar-refractivity contribution in [1.29, 1.82) is 0 Å². The molecule has 0 unspecified atom stereocenters. The van der Waals surface area contributed by atoms with Gasteiger partial charge in [-0.15, -0.1) is 0 Å². The first-order valence-corrected chi connectivity index (χ1v) is 6.91. The van der Waals surface area contributed by atoms with Gasteiger partial charge in [-0.05, 0) is 25.7 Å². The van der Waals surface area contributed by atoms with Crippen LogP contribution in [0.3, 0.4) is 0 Å². The van der Waals surface area contributed by atoms with Crippen LogP contribution in [0.5, 0.6) is 0 Å². The fourth-order valence-corrected chi connectivity index (χ4v) is 2.81. The van der Waals surface area contributed by atoms with Gasteiger partial charge in [0.15, 0.2) is 11.2 Å². The van der Waals surface area contributed by atoms with Crippen LogP contribution in [-0.4, -0.2) is 24.6 Å². The van der Waals surface area contributed by atoms with E-state index in [2.05, 4.69) is 22.2 Å². The molecule has 2 N–H and O–H groups in total. The molecule has 1 fully saturated rings. The van der Waals surface area contributed by atoms with Crippen LogP contribution in [0, 0.1) is 0 Å². The second kappa shape index (κ2) is 4.22. The van der Waals surface area contributed by atoms with Gasteiger partial charge in [-0.2, -0.15) is 4.98 Å². The Labute approximate surface area is 115 Å². The molecular formula is C13H19N5O2. The lowest BCUT2D eigenvalue weighted by Gasteiger charge is -2.41. The van der Waals surface area contributed by atoms with E-state index in [1.807, 2.05) is 0 Å². The van der Waals surface area contributed by atoms with Crippen molar-refractivity contribution in [1.82, 2.24) is 19.1 Å². The number of H-pyrrole nitrogens is 1. The highest BCUT2D eigenvalue weighted by Gasteiger charge is 2.35. The van der Waals surface area contributed by atoms with E-state index in [9.17, 15) is 9.59 Å². The predicted molar refractivity (Wildman–Crippen MR) is 77.1 cm³/mol. The normalized spacial score (nSPS) is 17.1. The highest BCUT2D eigenvalue weighted by molar-refractivity contribution is 5.72. The smallest absolute Gasteiger partial charge is 0.332 e. The van der Waals surface area contributed by atoms with E-state index < -0.39 is 0 Å². The Balaban J connectivity index is 2.12. The molecule has 0 aliphatic heterocycles. The minimum Gasteiger partial charge on any atom is -0.350 e. The molecule has 0 amide bonds. The summed E-state index contributed by atoms with van der Waals surface area (Å²) in [5, 5.41) is 3.39. The zero-order valence-corrected chi connectivity index (χ0v) is 12.0. The number of nitrogens with one attached hydrogen (secondary N) is 2. The van der Waals surface area contributed by atoms with Crippen molar-refractivity contribution in [2.75, 3.05) is 5.32 Å². The van der Waals surface area contributed by atoms with Crippen molar-refractivity contribution in [2.45, 2.75) is 38.1 Å². The van der Waals surface area contributed by atoms with Crippen LogP contribution in [0.1, 0.15) is 32.6 Å². The van der Waals surface area contributed by atoms with Crippen LogP contribution < -0.4 is 16.6 Å². The first-order chi connectivity index (χ1) is 9.47. The predicted octanol–water partition coefficient (Wildman–Crippen LogP) is 0.705. The molecule has 108 valence electrons. The van der Waals surface area contributed by atoms with Crippen LogP contribution in [0.25, 0.3) is 11.2 Å². The molecule has 0 saturated heterocycles. The molecule has 1 aliphatic carbocycles. The van der Waals surface area contributed by atoms with Gasteiger partial charge < -0.3 is 10.3 Å². The largest absolute Gasteiger partial charge is 0.350 e. The average Bonchev–Trinajstić information content (AvgIpc) is 2.82. The number of aryl methyl sites for hydroxylation is 1. The monoisotopic (exact) mass is 277 g/mol. The molecule has 0 atom stereocenters. The molecule has 0 bridgehead atoms. The van der Waals surface area contributed by atoms with Crippen molar-refractivity contribution in [3.8, 4) is 0 Å². The highest BCUT2D eigenvalue weighted by Crippen LogP contribution is 2.37. The molecule has 1 aliphatic rings. The van der Waals surface area contributed by atoms with Crippen LogP contribution in [0.2, 0.25) is 0 Å². The van der Waals surface area contributed by atoms with E-state index >= 15 is 0 Å². The number of hydrogen-bond acceptors (Lipinski definition) is 4. The highest BCUT2D eigenvalue weighted by atomic mass is 16.2. The second-order valence-electron chi connectivity index (χ2n) is 5.60. The molecule has 1 saturated carbocycles. The number of fused-ring (bicyclic) bond motifs is 1. The molecule has 3 rings (SSSR count). The van der Waals surface area contributed by atoms with Gasteiger partial charge in [0.05, 0.1) is 0 Å². The summed E-state index contributed by atoms with van der Waals surface area (Å²) < 4.78 is 2.47. The SMILES string of the molecule is CCC1(Nc2nc3c([nH]2)c(=O)n(C)c(=O)n3C)CCC1. The van der Waals surface area contributed by atoms with Gasteiger partial charge in [-0.3, -0.25) is 13.9 Å². The number of aromatic amines is 1. The summed E-state index contributed by atoms with van der Waals surface area (Å²) in [6.45, 7) is 2.14. The van der Waals surface area contributed by atoms with Gasteiger partial charge in [-0.1, -0.05) is 6.92 Å². The minimum atomic E-state index is -0.366. The molecule has 0 radical (unpaired) electrons. The Morgan fingerprint density at radius 2 is 2.00 bits per heavy atom. The summed E-state index contributed by atoms with van der Waals surface area (Å²) >= 11 is 0. The summed E-state index contributed by atoms with van der Waals surface area (Å²) in [5.41, 5.74) is 0.129. The minimum absolute atomic E-state index is 0.0813. The first-order valence-electron chi connectivity index (χ1n) is 6.91. The van der Waals surface area contributed by atoms with Crippen molar-refractivity contribution in [3.05, 3.63) is 20.8 Å². The summed E-state index contributed by atoms with van der Waals surface area (Å²) in [6.07, 6.45) is 4.44. The summed E-state index contributed by atoms with van der Waals surface area (Å²) in [4.78, 5) is 31.3. The van der Waals surface area contributed by atoms with Gasteiger partial charge in [0.25, 0.3) is 5.56 Å². The number of anilines is 1. The number of hydrogen-bond donors (Lipinski definition) is 2. The van der Waals surface area contributed by atoms with Crippen molar-refractivity contribution < 1.29 is 0 Å². The summed E-state index contributed by atoms with van der Waals surface area (Å²) in [7, 11) is 3.09. The summed E-state index contributed by atoms with van der Waals surface area (Å²) in [6, 6.07) is 0. The lowest BCUT2D eigenvalue weighted by atomic mass is 9.75. The molecule has 0 aromatic carbocycles. The molecule has 7 nitrogen and oxygen atoms in total. The fraction of sp³-hybridized carbons (Fsp3) is 0.615. The molecular weight excluding hydrogens is 258 g/mol. The van der Waals surface area contributed by atoms with Gasteiger partial charge >= 0.3 is 5.69 Å². The quantitative estimate of drug-likeness (QED) is 0.865. The van der Waals surface area contributed by atoms with E-state index in [4.69, 9.17) is 0 Å². The van der Waals surface area contributed by atoms with Crippen LogP contribution >= 0.6 is 0 Å². The standard InChI is InChI=1S/C13H19N5O2/c1-4-13(6-5-7-13)16-11-14-8-9(15-11)17(2)12(20)18(3)10(8)19/h4-7H2,1-3H3,(H2,14,15,16). The number of rotatable bonds is 3. The van der Waals surface area contributed by atoms with E-state index in [0.29, 0.717) is 17.1 Å². The average molecular weight is 277 g/mol. The fourth-order valence-electron chi connectivity index (χ4n) is 2.81. The van der Waals surface area contributed by atoms with Crippen molar-refractivity contribution in [3.63, 3.8) is 0 Å². The van der Waals surface area contributed by atoms with Gasteiger partial charge in [0.1, 0.15) is 0 Å². The Kier molecular flexibility index (Phi) is 2.74. The zero-order chi connectivity index (χ0) is 14.5. The van der Waals surface area contributed by atoms with Crippen molar-refractivity contribution in [2.24, 2.45) is 14.1 Å². The lowest BCUT2D eigenvalue weighted by molar-refractivity contribution is 0.268. The molecule has 0 spiro atoms. The maximum absolute atomic E-state index is 12.1. The Morgan fingerprint density at radius 3 is 2.55 bits per heavy atom. The Bertz CT molecular complexity index is 773. The van der Waals surface area contributed by atoms with Crippen molar-refractivity contribution >= 4 is 17.1 Å². The first kappa shape index (κ1) is 13.0. The Morgan fingerprint density at radius 1 is 1.30 bits per heavy atom. The molecule has 7 heteroatoms. The van der Waals surface area contributed by atoms with Crippen LogP contribution in [-0.2, 0) is 14.1 Å². The molecule has 20 heavy (non-hydrogen) atoms. The van der Waals surface area contributed by atoms with Crippen LogP contribution in [0.4, 0.5) is 5.95 Å². The van der Waals surface area contributed by atoms with E-state index in [0.717, 1.165) is 23.8 Å². The van der Waals surface area contributed by atoms with E-state index in [-0.39, 0.29) is 16.8 Å². The maximum atomic E-state index is 12.1. The third kappa shape index (κ3) is 1.69. The maximum Gasteiger partial charge on any atom is 0.332 e. The van der Waals surface area contributed by atoms with E-state index in [1.54, 1.807) is 7.05 Å². The third-order valence-electron chi connectivity index (χ3n) is 4.47. The topological polar surface area (TPSA) is 84.7 Å². The lowest BCUT2D eigenvalue weighted by Crippen LogP contribution is -2.44. The van der Waals surface area contributed by atoms with Gasteiger partial charge in [-0.25, -0.2) is 4.79 Å². The second-order valence-corrected chi connectivity index (χ2v) is 5.60. The summed E-state index contributed by atoms with van der Waals surface area (Å²) in [5.74, 6) is 0.569. The third-order valence-corrected chi connectivity index (χ3v) is 4.47. The molecule has 2 heterocycles. The van der Waals surface area contributed by atoms with E-state index in [1.165, 1.54) is 18.0 Å². The Hall–Kier alpha value is -2.05. The molecule has 2 aromatic heterocycles. The number of aromatic nitrogens is 4. The van der Waals surface area contributed by atoms with Gasteiger partial charge in [0.2, 0.25) is 5.95 Å². The number of nitrogens with zero attached hydrogens (tertiary/aromatic N) is 3. The van der Waals surface area contributed by atoms with Crippen LogP contribution in [0.15, 0.2) is 9.59 Å². The number of imidazole rings is 1.